The molecule has 3 saturated heterocycles. The maximum absolute atomic E-state index is 16.3. The first-order chi connectivity index (χ1) is 26.8. The molecule has 3 heterocycles. The van der Waals surface area contributed by atoms with E-state index in [2.05, 4.69) is 15.9 Å². The molecule has 0 aromatic heterocycles. The van der Waals surface area contributed by atoms with E-state index < -0.39 is 20.8 Å². The van der Waals surface area contributed by atoms with Crippen LogP contribution in [0.15, 0.2) is 53.4 Å². The first kappa shape index (κ1) is 41.2. The zero-order valence-electron chi connectivity index (χ0n) is 33.6. The molecule has 5 fully saturated rings. The van der Waals surface area contributed by atoms with Gasteiger partial charge >= 0.3 is 5.97 Å². The van der Waals surface area contributed by atoms with Crippen LogP contribution >= 0.6 is 0 Å². The number of carbonyl (C=O) groups is 2. The molecule has 3 atom stereocenters. The van der Waals surface area contributed by atoms with Crippen LogP contribution in [-0.2, 0) is 29.6 Å². The number of ketones is 1. The van der Waals surface area contributed by atoms with Gasteiger partial charge in [-0.15, -0.1) is 0 Å². The highest BCUT2D eigenvalue weighted by atomic mass is 32.2. The highest BCUT2D eigenvalue weighted by molar-refractivity contribution is 7.92. The Bertz CT molecular complexity index is 1790. The van der Waals surface area contributed by atoms with Crippen molar-refractivity contribution in [1.29, 1.82) is 0 Å². The Labute approximate surface area is 333 Å². The van der Waals surface area contributed by atoms with Gasteiger partial charge in [0.1, 0.15) is 11.6 Å². The number of carbonyl (C=O) groups excluding carboxylic acids is 2. The van der Waals surface area contributed by atoms with E-state index in [9.17, 15) is 18.0 Å². The number of hydrogen-bond donors (Lipinski definition) is 0. The van der Waals surface area contributed by atoms with E-state index in [0.717, 1.165) is 95.5 Å². The molecule has 2 saturated carbocycles. The lowest BCUT2D eigenvalue weighted by molar-refractivity contribution is -0.142. The van der Waals surface area contributed by atoms with Crippen molar-refractivity contribution in [3.05, 3.63) is 59.9 Å². The molecule has 5 aliphatic rings. The third-order valence-electron chi connectivity index (χ3n) is 14.1. The number of piperidine rings is 1. The number of sulfone groups is 1. The summed E-state index contributed by atoms with van der Waals surface area (Å²) in [6.07, 6.45) is 8.38. The first-order valence-electron chi connectivity index (χ1n) is 21.0. The number of hydrogen-bond acceptors (Lipinski definition) is 9. The van der Waals surface area contributed by atoms with Crippen LogP contribution in [0.2, 0.25) is 0 Å². The molecule has 2 aromatic rings. The minimum absolute atomic E-state index is 0.166. The van der Waals surface area contributed by atoms with Crippen LogP contribution in [0.25, 0.3) is 0 Å². The number of anilines is 1. The molecule has 2 aliphatic carbocycles. The van der Waals surface area contributed by atoms with Gasteiger partial charge in [-0.3, -0.25) is 14.5 Å². The van der Waals surface area contributed by atoms with Gasteiger partial charge in [0.2, 0.25) is 0 Å². The Kier molecular flexibility index (Phi) is 12.6. The minimum Gasteiger partial charge on any atom is -0.469 e. The van der Waals surface area contributed by atoms with Crippen LogP contribution in [0.4, 0.5) is 14.5 Å². The van der Waals surface area contributed by atoms with Crippen molar-refractivity contribution < 1.29 is 31.5 Å². The first-order valence-corrected chi connectivity index (χ1v) is 22.6. The molecule has 9 nitrogen and oxygen atoms in total. The van der Waals surface area contributed by atoms with E-state index in [0.29, 0.717) is 32.2 Å². The van der Waals surface area contributed by atoms with Crippen LogP contribution < -0.4 is 4.90 Å². The number of nitrogens with zero attached hydrogens (tertiary/aromatic N) is 4. The largest absolute Gasteiger partial charge is 0.469 e. The lowest BCUT2D eigenvalue weighted by Gasteiger charge is -2.54. The van der Waals surface area contributed by atoms with E-state index in [4.69, 9.17) is 4.74 Å². The lowest BCUT2D eigenvalue weighted by Crippen LogP contribution is -2.64. The van der Waals surface area contributed by atoms with Gasteiger partial charge in [0.15, 0.2) is 15.5 Å². The zero-order chi connectivity index (χ0) is 39.7. The molecule has 0 spiro atoms. The number of ether oxygens (including phenoxy) is 1. The highest BCUT2D eigenvalue weighted by Gasteiger charge is 2.54. The molecule has 3 aliphatic heterocycles. The number of methoxy groups -OCH3 is 1. The molecule has 2 aromatic carbocycles. The Morgan fingerprint density at radius 3 is 2.29 bits per heavy atom. The van der Waals surface area contributed by atoms with Crippen molar-refractivity contribution >= 4 is 27.3 Å². The van der Waals surface area contributed by atoms with E-state index in [-0.39, 0.29) is 64.6 Å². The molecule has 56 heavy (non-hydrogen) atoms. The van der Waals surface area contributed by atoms with Gasteiger partial charge in [-0.2, -0.15) is 0 Å². The van der Waals surface area contributed by atoms with E-state index in [1.165, 1.54) is 13.2 Å². The Hall–Kier alpha value is -2.93. The molecule has 0 unspecified atom stereocenters. The SMILES string of the molecule is COC(=O)C[C@H]1CCC[C@@H]1[C@](CN1CCC1)(c1cccc(F)c1)C1CCN(CC2(F)CN(c3ccc(S(=O)(=O)C4CC(C(=O)CCCN(C)C)C4)cc3)C2)CC1. The zero-order valence-corrected chi connectivity index (χ0v) is 34.5. The lowest BCUT2D eigenvalue weighted by atomic mass is 9.56. The van der Waals surface area contributed by atoms with Crippen molar-refractivity contribution in [1.82, 2.24) is 14.7 Å². The van der Waals surface area contributed by atoms with Gasteiger partial charge in [0, 0.05) is 43.0 Å². The van der Waals surface area contributed by atoms with E-state index in [1.54, 1.807) is 30.3 Å². The summed E-state index contributed by atoms with van der Waals surface area (Å²) >= 11 is 0. The van der Waals surface area contributed by atoms with E-state index >= 15 is 8.78 Å². The van der Waals surface area contributed by atoms with Crippen LogP contribution in [0.5, 0.6) is 0 Å². The smallest absolute Gasteiger partial charge is 0.305 e. The topological polar surface area (TPSA) is 90.5 Å². The minimum atomic E-state index is -3.53. The van der Waals surface area contributed by atoms with Gasteiger partial charge in [0.25, 0.3) is 0 Å². The molecule has 0 amide bonds. The fourth-order valence-corrected chi connectivity index (χ4v) is 12.7. The molecular weight excluding hydrogens is 735 g/mol. The fourth-order valence-electron chi connectivity index (χ4n) is 10.9. The fraction of sp³-hybridized carbons (Fsp3) is 0.682. The van der Waals surface area contributed by atoms with Gasteiger partial charge < -0.3 is 19.4 Å². The summed E-state index contributed by atoms with van der Waals surface area (Å²) in [5.74, 6) is 0.268. The van der Waals surface area contributed by atoms with Crippen molar-refractivity contribution in [3.8, 4) is 0 Å². The summed E-state index contributed by atoms with van der Waals surface area (Å²) in [4.78, 5) is 34.2. The van der Waals surface area contributed by atoms with Crippen LogP contribution in [-0.4, -0.2) is 126 Å². The third kappa shape index (κ3) is 8.73. The molecular formula is C44H62F2N4O5S. The number of likely N-dealkylation sites (tertiary alicyclic amines) is 2. The number of rotatable bonds is 17. The Morgan fingerprint density at radius 1 is 0.946 bits per heavy atom. The standard InChI is InChI=1S/C44H62F2N4O5S/c1-47(2)19-6-12-41(51)33-24-39(25-33)56(53,54)38-15-13-37(14-16-38)50-29-43(46,30-50)28-49-22-17-34(18-23-49)44(31-48-20-7-21-48,35-9-5-10-36(45)27-35)40-11-4-8-32(40)26-42(52)55-3/h5,9-10,13-16,27,32-34,39-40H,4,6-8,11-12,17-26,28-31H2,1-3H3/t32-,33?,39?,40+,44+/m1/s1. The molecule has 308 valence electrons. The highest BCUT2D eigenvalue weighted by Crippen LogP contribution is 2.54. The van der Waals surface area contributed by atoms with Gasteiger partial charge in [-0.05, 0) is 158 Å². The molecule has 12 heteroatoms. The van der Waals surface area contributed by atoms with Crippen LogP contribution in [0.3, 0.4) is 0 Å². The summed E-state index contributed by atoms with van der Waals surface area (Å²) in [7, 11) is 1.87. The summed E-state index contributed by atoms with van der Waals surface area (Å²) in [5, 5.41) is -0.531. The maximum Gasteiger partial charge on any atom is 0.305 e. The van der Waals surface area contributed by atoms with Crippen molar-refractivity contribution in [2.75, 3.05) is 85.0 Å². The quantitative estimate of drug-likeness (QED) is 0.175. The molecule has 0 N–H and O–H groups in total. The monoisotopic (exact) mass is 796 g/mol. The molecule has 7 rings (SSSR count). The number of Topliss-reactive ketones (excluding diaryl/α,β-unsaturated/α-hetero) is 1. The number of esters is 1. The number of benzene rings is 2. The normalized spacial score (nSPS) is 26.9. The summed E-state index contributed by atoms with van der Waals surface area (Å²) in [5.41, 5.74) is 0.167. The predicted octanol–water partition coefficient (Wildman–Crippen LogP) is 6.15. The molecule has 0 bridgehead atoms. The van der Waals surface area contributed by atoms with Crippen LogP contribution in [0.1, 0.15) is 76.2 Å². The second-order valence-corrected chi connectivity index (χ2v) is 20.2. The second kappa shape index (κ2) is 17.1. The average molecular weight is 797 g/mol. The van der Waals surface area contributed by atoms with Crippen molar-refractivity contribution in [2.24, 2.45) is 23.7 Å². The van der Waals surface area contributed by atoms with E-state index in [1.807, 2.05) is 30.0 Å². The van der Waals surface area contributed by atoms with Gasteiger partial charge in [-0.25, -0.2) is 17.2 Å². The van der Waals surface area contributed by atoms with Crippen molar-refractivity contribution in [2.45, 2.75) is 91.9 Å². The Balaban J connectivity index is 0.958. The van der Waals surface area contributed by atoms with Crippen molar-refractivity contribution in [3.63, 3.8) is 0 Å². The van der Waals surface area contributed by atoms with Gasteiger partial charge in [0.05, 0.1) is 30.3 Å². The molecule has 0 radical (unpaired) electrons. The second-order valence-electron chi connectivity index (χ2n) is 18.0. The summed E-state index contributed by atoms with van der Waals surface area (Å²) in [6, 6.07) is 14.0. The average Bonchev–Trinajstić information content (AvgIpc) is 3.58. The number of alkyl halides is 1. The maximum atomic E-state index is 16.3. The van der Waals surface area contributed by atoms with Crippen LogP contribution in [0, 0.1) is 29.5 Å². The predicted molar refractivity (Wildman–Crippen MR) is 215 cm³/mol. The summed E-state index contributed by atoms with van der Waals surface area (Å²) < 4.78 is 63.1. The number of halogens is 2. The Morgan fingerprint density at radius 2 is 1.66 bits per heavy atom. The van der Waals surface area contributed by atoms with Gasteiger partial charge in [-0.1, -0.05) is 18.6 Å². The summed E-state index contributed by atoms with van der Waals surface area (Å²) in [6.45, 7) is 6.12. The third-order valence-corrected chi connectivity index (χ3v) is 16.3.